The summed E-state index contributed by atoms with van der Waals surface area (Å²) >= 11 is 0. The van der Waals surface area contributed by atoms with E-state index in [1.54, 1.807) is 7.11 Å². The number of sulfonamides is 1. The molecule has 1 saturated heterocycles. The van der Waals surface area contributed by atoms with Gasteiger partial charge < -0.3 is 15.4 Å². The highest BCUT2D eigenvalue weighted by atomic mass is 35.5. The largest absolute Gasteiger partial charge is 0.384 e. The van der Waals surface area contributed by atoms with Crippen molar-refractivity contribution in [2.75, 3.05) is 40.4 Å². The van der Waals surface area contributed by atoms with Crippen LogP contribution in [0.1, 0.15) is 23.2 Å². The van der Waals surface area contributed by atoms with E-state index < -0.39 is 10.0 Å². The first-order valence-corrected chi connectivity index (χ1v) is 9.42. The van der Waals surface area contributed by atoms with Crippen LogP contribution in [0.3, 0.4) is 0 Å². The van der Waals surface area contributed by atoms with Gasteiger partial charge in [-0.2, -0.15) is 0 Å². The van der Waals surface area contributed by atoms with Crippen molar-refractivity contribution in [3.8, 4) is 0 Å². The monoisotopic (exact) mass is 391 g/mol. The molecule has 0 aliphatic carbocycles. The summed E-state index contributed by atoms with van der Waals surface area (Å²) < 4.78 is 31.0. The smallest absolute Gasteiger partial charge is 0.251 e. The summed E-state index contributed by atoms with van der Waals surface area (Å²) in [5.41, 5.74) is 0.386. The predicted molar refractivity (Wildman–Crippen MR) is 98.7 cm³/mol. The Bertz CT molecular complexity index is 653. The molecule has 0 bridgehead atoms. The van der Waals surface area contributed by atoms with Crippen molar-refractivity contribution in [2.45, 2.75) is 17.7 Å². The van der Waals surface area contributed by atoms with Crippen LogP contribution in [-0.4, -0.2) is 54.7 Å². The van der Waals surface area contributed by atoms with Crippen molar-refractivity contribution in [3.63, 3.8) is 0 Å². The van der Waals surface area contributed by atoms with E-state index in [1.165, 1.54) is 31.3 Å². The van der Waals surface area contributed by atoms with Crippen molar-refractivity contribution in [1.82, 2.24) is 15.4 Å². The molecule has 9 heteroatoms. The van der Waals surface area contributed by atoms with Gasteiger partial charge in [-0.05, 0) is 57.2 Å². The van der Waals surface area contributed by atoms with Gasteiger partial charge in [-0.15, -0.1) is 12.4 Å². The molecule has 142 valence electrons. The summed E-state index contributed by atoms with van der Waals surface area (Å²) in [5.74, 6) is -0.211. The van der Waals surface area contributed by atoms with E-state index in [1.807, 2.05) is 0 Å². The Morgan fingerprint density at radius 1 is 1.24 bits per heavy atom. The van der Waals surface area contributed by atoms with Crippen LogP contribution < -0.4 is 15.4 Å². The maximum absolute atomic E-state index is 12.3. The maximum Gasteiger partial charge on any atom is 0.251 e. The predicted octanol–water partition coefficient (Wildman–Crippen LogP) is 0.763. The van der Waals surface area contributed by atoms with Crippen LogP contribution in [0.5, 0.6) is 0 Å². The van der Waals surface area contributed by atoms with Gasteiger partial charge in [0.05, 0.1) is 11.5 Å². The van der Waals surface area contributed by atoms with E-state index in [4.69, 9.17) is 4.74 Å². The second kappa shape index (κ2) is 9.49. The number of rotatable bonds is 7. The Balaban J connectivity index is 0.00000312. The number of hydrogen-bond donors (Lipinski definition) is 3. The molecule has 1 fully saturated rings. The lowest BCUT2D eigenvalue weighted by molar-refractivity contribution is 0.0511. The number of nitrogens with one attached hydrogen (secondary N) is 3. The molecule has 0 radical (unpaired) electrons. The minimum absolute atomic E-state index is 0. The van der Waals surface area contributed by atoms with Gasteiger partial charge in [-0.25, -0.2) is 13.1 Å². The molecular formula is C16H26ClN3O4S. The fourth-order valence-electron chi connectivity index (χ4n) is 2.91. The average Bonchev–Trinajstić information content (AvgIpc) is 2.61. The fraction of sp³-hybridized carbons (Fsp3) is 0.562. The van der Waals surface area contributed by atoms with Crippen molar-refractivity contribution in [1.29, 1.82) is 0 Å². The maximum atomic E-state index is 12.3. The summed E-state index contributed by atoms with van der Waals surface area (Å²) in [5, 5.41) is 6.27. The van der Waals surface area contributed by atoms with Crippen LogP contribution in [0, 0.1) is 5.41 Å². The third-order valence-corrected chi connectivity index (χ3v) is 5.86. The van der Waals surface area contributed by atoms with Crippen molar-refractivity contribution < 1.29 is 17.9 Å². The first-order chi connectivity index (χ1) is 11.4. The van der Waals surface area contributed by atoms with Crippen LogP contribution in [-0.2, 0) is 14.8 Å². The summed E-state index contributed by atoms with van der Waals surface area (Å²) in [7, 11) is -0.468. The second-order valence-corrected chi connectivity index (χ2v) is 7.98. The van der Waals surface area contributed by atoms with Gasteiger partial charge in [-0.3, -0.25) is 4.79 Å². The zero-order chi connectivity index (χ0) is 17.6. The van der Waals surface area contributed by atoms with Crippen LogP contribution >= 0.6 is 12.4 Å². The SMILES string of the molecule is CNS(=O)(=O)c1ccc(C(=O)NCC2(COC)CCNCC2)cc1.Cl. The number of amides is 1. The molecule has 1 aliphatic rings. The standard InChI is InChI=1S/C16H25N3O4S.ClH/c1-17-24(21,22)14-5-3-13(4-6-14)15(20)19-11-16(12-23-2)7-9-18-10-8-16;/h3-6,17-18H,7-12H2,1-2H3,(H,19,20);1H. The summed E-state index contributed by atoms with van der Waals surface area (Å²) in [4.78, 5) is 12.5. The van der Waals surface area contributed by atoms with E-state index in [-0.39, 0.29) is 28.6 Å². The Kier molecular flexibility index (Phi) is 8.30. The molecule has 1 aliphatic heterocycles. The van der Waals surface area contributed by atoms with Gasteiger partial charge in [0.1, 0.15) is 0 Å². The lowest BCUT2D eigenvalue weighted by Crippen LogP contribution is -2.47. The molecule has 1 aromatic carbocycles. The van der Waals surface area contributed by atoms with Gasteiger partial charge in [0.25, 0.3) is 5.91 Å². The molecule has 7 nitrogen and oxygen atoms in total. The Labute approximate surface area is 155 Å². The molecule has 1 amide bonds. The summed E-state index contributed by atoms with van der Waals surface area (Å²) in [6.07, 6.45) is 1.89. The lowest BCUT2D eigenvalue weighted by atomic mass is 9.79. The molecule has 0 spiro atoms. The molecule has 2 rings (SSSR count). The fourth-order valence-corrected chi connectivity index (χ4v) is 3.64. The number of carbonyl (C=O) groups excluding carboxylic acids is 1. The van der Waals surface area contributed by atoms with Crippen molar-refractivity contribution in [2.24, 2.45) is 5.41 Å². The number of methoxy groups -OCH3 is 1. The molecule has 3 N–H and O–H groups in total. The molecule has 1 aromatic rings. The van der Waals surface area contributed by atoms with Crippen LogP contribution in [0.25, 0.3) is 0 Å². The highest BCUT2D eigenvalue weighted by molar-refractivity contribution is 7.89. The van der Waals surface area contributed by atoms with Gasteiger partial charge in [0.2, 0.25) is 10.0 Å². The minimum Gasteiger partial charge on any atom is -0.384 e. The van der Waals surface area contributed by atoms with E-state index in [0.717, 1.165) is 25.9 Å². The molecular weight excluding hydrogens is 366 g/mol. The molecule has 0 atom stereocenters. The van der Waals surface area contributed by atoms with Gasteiger partial charge in [0.15, 0.2) is 0 Å². The average molecular weight is 392 g/mol. The number of carbonyl (C=O) groups is 1. The van der Waals surface area contributed by atoms with E-state index in [2.05, 4.69) is 15.4 Å². The second-order valence-electron chi connectivity index (χ2n) is 6.10. The van der Waals surface area contributed by atoms with Crippen LogP contribution in [0.4, 0.5) is 0 Å². The summed E-state index contributed by atoms with van der Waals surface area (Å²) in [6.45, 7) is 2.97. The number of halogens is 1. The quantitative estimate of drug-likeness (QED) is 0.637. The number of benzene rings is 1. The zero-order valence-electron chi connectivity index (χ0n) is 14.5. The van der Waals surface area contributed by atoms with Gasteiger partial charge in [0, 0.05) is 24.6 Å². The highest BCUT2D eigenvalue weighted by Crippen LogP contribution is 2.28. The lowest BCUT2D eigenvalue weighted by Gasteiger charge is -2.37. The Hall–Kier alpha value is -1.19. The third-order valence-electron chi connectivity index (χ3n) is 4.43. The normalized spacial score (nSPS) is 16.7. The third kappa shape index (κ3) is 5.65. The summed E-state index contributed by atoms with van der Waals surface area (Å²) in [6, 6.07) is 5.89. The first-order valence-electron chi connectivity index (χ1n) is 7.94. The van der Waals surface area contributed by atoms with E-state index >= 15 is 0 Å². The van der Waals surface area contributed by atoms with Crippen molar-refractivity contribution in [3.05, 3.63) is 29.8 Å². The molecule has 1 heterocycles. The van der Waals surface area contributed by atoms with E-state index in [0.29, 0.717) is 18.7 Å². The highest BCUT2D eigenvalue weighted by Gasteiger charge is 2.32. The first kappa shape index (κ1) is 21.9. The van der Waals surface area contributed by atoms with Crippen LogP contribution in [0.2, 0.25) is 0 Å². The molecule has 0 unspecified atom stereocenters. The van der Waals surface area contributed by atoms with Crippen LogP contribution in [0.15, 0.2) is 29.2 Å². The Morgan fingerprint density at radius 2 is 1.84 bits per heavy atom. The number of ether oxygens (including phenoxy) is 1. The number of piperidine rings is 1. The minimum atomic E-state index is -3.49. The molecule has 0 aromatic heterocycles. The molecule has 0 saturated carbocycles. The molecule has 25 heavy (non-hydrogen) atoms. The topological polar surface area (TPSA) is 96.5 Å². The van der Waals surface area contributed by atoms with E-state index in [9.17, 15) is 13.2 Å². The van der Waals surface area contributed by atoms with Gasteiger partial charge >= 0.3 is 0 Å². The number of hydrogen-bond acceptors (Lipinski definition) is 5. The van der Waals surface area contributed by atoms with Crippen molar-refractivity contribution >= 4 is 28.3 Å². The zero-order valence-corrected chi connectivity index (χ0v) is 16.1. The Morgan fingerprint density at radius 3 is 2.36 bits per heavy atom. The van der Waals surface area contributed by atoms with Gasteiger partial charge in [-0.1, -0.05) is 0 Å².